The van der Waals surface area contributed by atoms with Gasteiger partial charge in [-0.15, -0.1) is 0 Å². The van der Waals surface area contributed by atoms with E-state index < -0.39 is 5.60 Å². The fourth-order valence-corrected chi connectivity index (χ4v) is 5.02. The van der Waals surface area contributed by atoms with Gasteiger partial charge in [0.1, 0.15) is 22.7 Å². The standard InChI is InChI=1S/C23H33NO5/c1-21(2,3)29-20(26)24-11-9-23(10-12-24)13-15-19(27-14-23)18-16(25)7-6-8-17(18)28-22(15,4)5/h6-8,15,19,25H,9-14H2,1-5H3/t15-,19-/m1/s1. The van der Waals surface area contributed by atoms with Crippen molar-refractivity contribution in [2.45, 2.75) is 71.2 Å². The molecule has 1 amide bonds. The topological polar surface area (TPSA) is 68.2 Å². The van der Waals surface area contributed by atoms with Crippen LogP contribution in [0.4, 0.5) is 4.79 Å². The first-order valence-electron chi connectivity index (χ1n) is 10.6. The van der Waals surface area contributed by atoms with Crippen molar-refractivity contribution in [1.29, 1.82) is 0 Å². The third-order valence-electron chi connectivity index (χ3n) is 6.66. The summed E-state index contributed by atoms with van der Waals surface area (Å²) in [5, 5.41) is 10.4. The third kappa shape index (κ3) is 3.79. The van der Waals surface area contributed by atoms with Gasteiger partial charge in [-0.05, 0) is 71.4 Å². The molecule has 2 atom stereocenters. The van der Waals surface area contributed by atoms with Crippen LogP contribution in [0.15, 0.2) is 18.2 Å². The number of rotatable bonds is 0. The molecule has 0 aromatic heterocycles. The Morgan fingerprint density at radius 3 is 2.59 bits per heavy atom. The first-order valence-corrected chi connectivity index (χ1v) is 10.6. The highest BCUT2D eigenvalue weighted by Crippen LogP contribution is 2.57. The number of piperidine rings is 1. The number of hydrogen-bond acceptors (Lipinski definition) is 5. The van der Waals surface area contributed by atoms with Gasteiger partial charge in [0, 0.05) is 19.0 Å². The van der Waals surface area contributed by atoms with Gasteiger partial charge in [0.2, 0.25) is 0 Å². The van der Waals surface area contributed by atoms with E-state index in [1.807, 2.05) is 31.7 Å². The van der Waals surface area contributed by atoms with E-state index in [4.69, 9.17) is 14.2 Å². The first kappa shape index (κ1) is 20.3. The van der Waals surface area contributed by atoms with E-state index in [2.05, 4.69) is 13.8 Å². The van der Waals surface area contributed by atoms with Gasteiger partial charge in [0.25, 0.3) is 0 Å². The van der Waals surface area contributed by atoms with Gasteiger partial charge >= 0.3 is 6.09 Å². The maximum atomic E-state index is 12.4. The molecule has 0 bridgehead atoms. The molecule has 3 heterocycles. The molecule has 0 aliphatic carbocycles. The van der Waals surface area contributed by atoms with Crippen molar-refractivity contribution in [1.82, 2.24) is 4.90 Å². The van der Waals surface area contributed by atoms with Gasteiger partial charge < -0.3 is 24.2 Å². The quantitative estimate of drug-likeness (QED) is 0.682. The average Bonchev–Trinajstić information content (AvgIpc) is 2.61. The second-order valence-corrected chi connectivity index (χ2v) is 10.4. The number of amides is 1. The third-order valence-corrected chi connectivity index (χ3v) is 6.66. The maximum Gasteiger partial charge on any atom is 0.410 e. The molecule has 3 aliphatic heterocycles. The fraction of sp³-hybridized carbons (Fsp3) is 0.696. The number of phenolic OH excluding ortho intramolecular Hbond substituents is 1. The Morgan fingerprint density at radius 2 is 1.93 bits per heavy atom. The summed E-state index contributed by atoms with van der Waals surface area (Å²) >= 11 is 0. The number of phenols is 1. The van der Waals surface area contributed by atoms with Crippen LogP contribution in [-0.4, -0.2) is 47.0 Å². The minimum Gasteiger partial charge on any atom is -0.507 e. The Balaban J connectivity index is 1.49. The second kappa shape index (κ2) is 6.79. The van der Waals surface area contributed by atoms with Gasteiger partial charge in [-0.25, -0.2) is 4.79 Å². The largest absolute Gasteiger partial charge is 0.507 e. The Bertz CT molecular complexity index is 789. The molecule has 0 saturated carbocycles. The zero-order valence-electron chi connectivity index (χ0n) is 18.2. The lowest BCUT2D eigenvalue weighted by Gasteiger charge is -2.54. The molecule has 4 rings (SSSR count). The second-order valence-electron chi connectivity index (χ2n) is 10.4. The lowest BCUT2D eigenvalue weighted by Crippen LogP contribution is -2.55. The fourth-order valence-electron chi connectivity index (χ4n) is 5.02. The molecule has 2 fully saturated rings. The predicted octanol–water partition coefficient (Wildman–Crippen LogP) is 4.66. The summed E-state index contributed by atoms with van der Waals surface area (Å²) < 4.78 is 18.2. The number of nitrogens with zero attached hydrogens (tertiary/aromatic N) is 1. The Kier molecular flexibility index (Phi) is 4.76. The molecule has 1 aromatic carbocycles. The molecule has 6 heteroatoms. The lowest BCUT2D eigenvalue weighted by atomic mass is 9.64. The van der Waals surface area contributed by atoms with Crippen LogP contribution in [0.5, 0.6) is 11.5 Å². The highest BCUT2D eigenvalue weighted by molar-refractivity contribution is 5.68. The van der Waals surface area contributed by atoms with Crippen molar-refractivity contribution < 1.29 is 24.1 Å². The highest BCUT2D eigenvalue weighted by Gasteiger charge is 2.53. The molecule has 6 nitrogen and oxygen atoms in total. The van der Waals surface area contributed by atoms with Gasteiger partial charge in [0.05, 0.1) is 18.3 Å². The summed E-state index contributed by atoms with van der Waals surface area (Å²) in [5.41, 5.74) is -0.0619. The lowest BCUT2D eigenvalue weighted by molar-refractivity contribution is -0.174. The number of carbonyl (C=O) groups excluding carboxylic acids is 1. The number of aromatic hydroxyl groups is 1. The SMILES string of the molecule is CC(C)(C)OC(=O)N1CCC2(CC1)CO[C@H]1c3c(O)cccc3OC(C)(C)[C@@H]1C2. The van der Waals surface area contributed by atoms with Gasteiger partial charge in [0.15, 0.2) is 0 Å². The van der Waals surface area contributed by atoms with Gasteiger partial charge in [-0.3, -0.25) is 0 Å². The van der Waals surface area contributed by atoms with E-state index in [1.54, 1.807) is 12.1 Å². The van der Waals surface area contributed by atoms with Crippen molar-refractivity contribution in [3.8, 4) is 11.5 Å². The van der Waals surface area contributed by atoms with Crippen molar-refractivity contribution >= 4 is 6.09 Å². The van der Waals surface area contributed by atoms with Gasteiger partial charge in [-0.2, -0.15) is 0 Å². The summed E-state index contributed by atoms with van der Waals surface area (Å²) in [5.74, 6) is 1.10. The highest BCUT2D eigenvalue weighted by atomic mass is 16.6. The maximum absolute atomic E-state index is 12.4. The van der Waals surface area contributed by atoms with Crippen LogP contribution >= 0.6 is 0 Å². The summed E-state index contributed by atoms with van der Waals surface area (Å²) in [4.78, 5) is 14.2. The van der Waals surface area contributed by atoms with Crippen LogP contribution in [0.1, 0.15) is 65.5 Å². The van der Waals surface area contributed by atoms with Crippen molar-refractivity contribution in [2.75, 3.05) is 19.7 Å². The number of hydrogen-bond donors (Lipinski definition) is 1. The normalized spacial score (nSPS) is 27.6. The molecule has 1 spiro atoms. The molecule has 29 heavy (non-hydrogen) atoms. The van der Waals surface area contributed by atoms with Gasteiger partial charge in [-0.1, -0.05) is 6.07 Å². The zero-order chi connectivity index (χ0) is 21.0. The zero-order valence-corrected chi connectivity index (χ0v) is 18.2. The Hall–Kier alpha value is -1.95. The molecule has 160 valence electrons. The van der Waals surface area contributed by atoms with Crippen LogP contribution in [0.3, 0.4) is 0 Å². The molecule has 0 radical (unpaired) electrons. The molecule has 1 aromatic rings. The smallest absolute Gasteiger partial charge is 0.410 e. The molecule has 0 unspecified atom stereocenters. The van der Waals surface area contributed by atoms with Crippen LogP contribution in [-0.2, 0) is 9.47 Å². The molecular weight excluding hydrogens is 370 g/mol. The number of ether oxygens (including phenoxy) is 3. The molecule has 2 saturated heterocycles. The Morgan fingerprint density at radius 1 is 1.24 bits per heavy atom. The molecule has 1 N–H and O–H groups in total. The molecular formula is C23H33NO5. The van der Waals surface area contributed by atoms with Crippen molar-refractivity contribution in [3.05, 3.63) is 23.8 Å². The van der Waals surface area contributed by atoms with Crippen molar-refractivity contribution in [2.24, 2.45) is 11.3 Å². The van der Waals surface area contributed by atoms with E-state index in [0.717, 1.165) is 24.8 Å². The van der Waals surface area contributed by atoms with E-state index in [-0.39, 0.29) is 34.9 Å². The summed E-state index contributed by atoms with van der Waals surface area (Å²) in [6, 6.07) is 5.41. The number of likely N-dealkylation sites (tertiary alicyclic amines) is 1. The van der Waals surface area contributed by atoms with Crippen molar-refractivity contribution in [3.63, 3.8) is 0 Å². The summed E-state index contributed by atoms with van der Waals surface area (Å²) in [6.07, 6.45) is 2.34. The van der Waals surface area contributed by atoms with Crippen LogP contribution in [0.2, 0.25) is 0 Å². The van der Waals surface area contributed by atoms with Crippen LogP contribution in [0.25, 0.3) is 0 Å². The minimum absolute atomic E-state index is 0.0300. The average molecular weight is 404 g/mol. The predicted molar refractivity (Wildman–Crippen MR) is 109 cm³/mol. The van der Waals surface area contributed by atoms with Crippen LogP contribution < -0.4 is 4.74 Å². The number of fused-ring (bicyclic) bond motifs is 3. The number of carbonyl (C=O) groups is 1. The van der Waals surface area contributed by atoms with E-state index >= 15 is 0 Å². The monoisotopic (exact) mass is 403 g/mol. The van der Waals surface area contributed by atoms with E-state index in [1.165, 1.54) is 0 Å². The van der Waals surface area contributed by atoms with E-state index in [9.17, 15) is 9.90 Å². The first-order chi connectivity index (χ1) is 13.5. The number of benzene rings is 1. The summed E-state index contributed by atoms with van der Waals surface area (Å²) in [7, 11) is 0. The molecule has 3 aliphatic rings. The van der Waals surface area contributed by atoms with Crippen LogP contribution in [0, 0.1) is 11.3 Å². The summed E-state index contributed by atoms with van der Waals surface area (Å²) in [6.45, 7) is 11.9. The minimum atomic E-state index is -0.480. The Labute approximate surface area is 173 Å². The van der Waals surface area contributed by atoms with E-state index in [0.29, 0.717) is 25.4 Å².